The first-order valence-electron chi connectivity index (χ1n) is 9.35. The molecule has 7 nitrogen and oxygen atoms in total. The van der Waals surface area contributed by atoms with Crippen molar-refractivity contribution in [2.24, 2.45) is 0 Å². The lowest BCUT2D eigenvalue weighted by Gasteiger charge is -2.39. The van der Waals surface area contributed by atoms with Gasteiger partial charge < -0.3 is 9.80 Å². The van der Waals surface area contributed by atoms with Gasteiger partial charge in [-0.3, -0.25) is 9.59 Å². The molecule has 1 aromatic heterocycles. The largest absolute Gasteiger partial charge is 0.337 e. The average molecular weight is 385 g/mol. The van der Waals surface area contributed by atoms with E-state index in [4.69, 9.17) is 0 Å². The predicted octanol–water partition coefficient (Wildman–Crippen LogP) is 2.21. The first kappa shape index (κ1) is 18.0. The summed E-state index contributed by atoms with van der Waals surface area (Å²) in [5.74, 6) is 1.20. The number of aromatic nitrogens is 3. The number of nitrogens with zero attached hydrogens (tertiary/aromatic N) is 5. The number of thioether (sulfide) groups is 1. The fraction of sp³-hybridized carbons (Fsp3) is 0.474. The van der Waals surface area contributed by atoms with Gasteiger partial charge in [0, 0.05) is 31.0 Å². The Kier molecular flexibility index (Phi) is 5.15. The maximum absolute atomic E-state index is 12.8. The maximum Gasteiger partial charge on any atom is 0.255 e. The third-order valence-corrected chi connectivity index (χ3v) is 5.98. The van der Waals surface area contributed by atoms with Crippen LogP contribution in [-0.2, 0) is 11.3 Å². The molecule has 27 heavy (non-hydrogen) atoms. The number of carbonyl (C=O) groups excluding carboxylic acids is 2. The molecule has 1 aromatic carbocycles. The number of carbonyl (C=O) groups is 2. The van der Waals surface area contributed by atoms with Crippen LogP contribution in [0.5, 0.6) is 0 Å². The van der Waals surface area contributed by atoms with Crippen LogP contribution in [0.1, 0.15) is 41.9 Å². The summed E-state index contributed by atoms with van der Waals surface area (Å²) >= 11 is 1.69. The van der Waals surface area contributed by atoms with Gasteiger partial charge in [0.25, 0.3) is 5.91 Å². The van der Waals surface area contributed by atoms with Gasteiger partial charge in [-0.25, -0.2) is 4.68 Å². The molecule has 0 aliphatic carbocycles. The van der Waals surface area contributed by atoms with Gasteiger partial charge in [-0.15, -0.1) is 16.9 Å². The van der Waals surface area contributed by atoms with Gasteiger partial charge in [0.1, 0.15) is 5.69 Å². The molecular formula is C19H23N5O2S. The lowest BCUT2D eigenvalue weighted by Crippen LogP contribution is -2.51. The molecule has 0 saturated carbocycles. The number of amides is 2. The quantitative estimate of drug-likeness (QED) is 0.713. The van der Waals surface area contributed by atoms with Crippen molar-refractivity contribution in [2.75, 3.05) is 25.4 Å². The Bertz CT molecular complexity index is 846. The monoisotopic (exact) mass is 385 g/mol. The molecule has 0 bridgehead atoms. The molecule has 0 radical (unpaired) electrons. The fourth-order valence-corrected chi connectivity index (χ4v) is 4.31. The van der Waals surface area contributed by atoms with E-state index in [1.807, 2.05) is 44.9 Å². The van der Waals surface area contributed by atoms with E-state index in [1.54, 1.807) is 11.8 Å². The standard InChI is InChI=1S/C19H23N5O2S/c1-2-27-17-7-4-3-6-16(17)19(26)23-12-15(13-23)24-11-14(20-21-24)10-22-9-5-8-18(22)25/h3-4,6-7,11,15H,2,5,8-10,12-13H2,1H3. The molecule has 0 spiro atoms. The van der Waals surface area contributed by atoms with E-state index >= 15 is 0 Å². The van der Waals surface area contributed by atoms with Crippen molar-refractivity contribution in [1.29, 1.82) is 0 Å². The zero-order valence-corrected chi connectivity index (χ0v) is 16.2. The topological polar surface area (TPSA) is 71.3 Å². The minimum absolute atomic E-state index is 0.0748. The molecule has 2 amide bonds. The fourth-order valence-electron chi connectivity index (χ4n) is 3.51. The van der Waals surface area contributed by atoms with Crippen LogP contribution in [0.2, 0.25) is 0 Å². The van der Waals surface area contributed by atoms with E-state index in [1.165, 1.54) is 0 Å². The van der Waals surface area contributed by atoms with Crippen molar-refractivity contribution >= 4 is 23.6 Å². The van der Waals surface area contributed by atoms with Gasteiger partial charge >= 0.3 is 0 Å². The minimum Gasteiger partial charge on any atom is -0.337 e. The number of hydrogen-bond acceptors (Lipinski definition) is 5. The van der Waals surface area contributed by atoms with Gasteiger partial charge in [-0.1, -0.05) is 24.3 Å². The molecule has 0 unspecified atom stereocenters. The van der Waals surface area contributed by atoms with E-state index in [0.717, 1.165) is 34.9 Å². The highest BCUT2D eigenvalue weighted by atomic mass is 32.2. The molecule has 2 aliphatic rings. The van der Waals surface area contributed by atoms with E-state index in [-0.39, 0.29) is 17.9 Å². The Morgan fingerprint density at radius 1 is 1.30 bits per heavy atom. The Labute approximate surface area is 162 Å². The second-order valence-electron chi connectivity index (χ2n) is 6.90. The first-order valence-corrected chi connectivity index (χ1v) is 10.3. The Morgan fingerprint density at radius 3 is 2.85 bits per heavy atom. The number of rotatable bonds is 6. The van der Waals surface area contributed by atoms with E-state index in [2.05, 4.69) is 17.2 Å². The minimum atomic E-state index is 0.0748. The van der Waals surface area contributed by atoms with E-state index < -0.39 is 0 Å². The molecule has 2 aliphatic heterocycles. The highest BCUT2D eigenvalue weighted by Gasteiger charge is 2.34. The molecule has 3 heterocycles. The van der Waals surface area contributed by atoms with Crippen LogP contribution >= 0.6 is 11.8 Å². The predicted molar refractivity (Wildman–Crippen MR) is 102 cm³/mol. The Morgan fingerprint density at radius 2 is 2.11 bits per heavy atom. The van der Waals surface area contributed by atoms with Crippen LogP contribution < -0.4 is 0 Å². The summed E-state index contributed by atoms with van der Waals surface area (Å²) in [7, 11) is 0. The summed E-state index contributed by atoms with van der Waals surface area (Å²) < 4.78 is 1.83. The number of likely N-dealkylation sites (tertiary alicyclic amines) is 2. The summed E-state index contributed by atoms with van der Waals surface area (Å²) in [5.41, 5.74) is 1.58. The molecular weight excluding hydrogens is 362 g/mol. The van der Waals surface area contributed by atoms with Crippen LogP contribution in [0.15, 0.2) is 35.4 Å². The molecule has 142 valence electrons. The highest BCUT2D eigenvalue weighted by molar-refractivity contribution is 7.99. The van der Waals surface area contributed by atoms with Crippen LogP contribution in [0.25, 0.3) is 0 Å². The summed E-state index contributed by atoms with van der Waals surface area (Å²) in [5, 5.41) is 8.40. The van der Waals surface area contributed by atoms with Crippen molar-refractivity contribution in [2.45, 2.75) is 37.2 Å². The zero-order valence-electron chi connectivity index (χ0n) is 15.4. The maximum atomic E-state index is 12.8. The molecule has 0 N–H and O–H groups in total. The zero-order chi connectivity index (χ0) is 18.8. The molecule has 0 atom stereocenters. The average Bonchev–Trinajstić information content (AvgIpc) is 3.24. The van der Waals surface area contributed by atoms with Gasteiger partial charge in [0.2, 0.25) is 5.91 Å². The van der Waals surface area contributed by atoms with E-state index in [0.29, 0.717) is 26.1 Å². The summed E-state index contributed by atoms with van der Waals surface area (Å²) in [4.78, 5) is 29.2. The van der Waals surface area contributed by atoms with Gasteiger partial charge in [0.15, 0.2) is 0 Å². The van der Waals surface area contributed by atoms with Crippen LogP contribution in [0, 0.1) is 0 Å². The Balaban J connectivity index is 1.36. The van der Waals surface area contributed by atoms with Gasteiger partial charge in [-0.2, -0.15) is 0 Å². The number of hydrogen-bond donors (Lipinski definition) is 0. The van der Waals surface area contributed by atoms with E-state index in [9.17, 15) is 9.59 Å². The lowest BCUT2D eigenvalue weighted by molar-refractivity contribution is -0.128. The molecule has 2 aromatic rings. The smallest absolute Gasteiger partial charge is 0.255 e. The van der Waals surface area contributed by atoms with Crippen molar-refractivity contribution in [3.8, 4) is 0 Å². The third kappa shape index (κ3) is 3.71. The summed E-state index contributed by atoms with van der Waals surface area (Å²) in [6.45, 7) is 4.68. The van der Waals surface area contributed by atoms with Crippen molar-refractivity contribution < 1.29 is 9.59 Å². The molecule has 2 fully saturated rings. The second-order valence-corrected chi connectivity index (χ2v) is 8.21. The third-order valence-electron chi connectivity index (χ3n) is 5.02. The number of benzene rings is 1. The summed E-state index contributed by atoms with van der Waals surface area (Å²) in [6.07, 6.45) is 3.45. The van der Waals surface area contributed by atoms with Crippen LogP contribution in [0.3, 0.4) is 0 Å². The van der Waals surface area contributed by atoms with Crippen LogP contribution in [-0.4, -0.2) is 62.0 Å². The van der Waals surface area contributed by atoms with Crippen LogP contribution in [0.4, 0.5) is 0 Å². The SMILES string of the molecule is CCSc1ccccc1C(=O)N1CC(n2cc(CN3CCCC3=O)nn2)C1. The summed E-state index contributed by atoms with van der Waals surface area (Å²) in [6, 6.07) is 7.93. The van der Waals surface area contributed by atoms with Crippen molar-refractivity contribution in [3.63, 3.8) is 0 Å². The van der Waals surface area contributed by atoms with Gasteiger partial charge in [-0.05, 0) is 24.3 Å². The van der Waals surface area contributed by atoms with Crippen molar-refractivity contribution in [3.05, 3.63) is 41.7 Å². The van der Waals surface area contributed by atoms with Crippen molar-refractivity contribution in [1.82, 2.24) is 24.8 Å². The normalized spacial score (nSPS) is 17.4. The highest BCUT2D eigenvalue weighted by Crippen LogP contribution is 2.28. The lowest BCUT2D eigenvalue weighted by atomic mass is 10.1. The molecule has 2 saturated heterocycles. The molecule has 4 rings (SSSR count). The van der Waals surface area contributed by atoms with Gasteiger partial charge in [0.05, 0.1) is 24.3 Å². The second kappa shape index (κ2) is 7.72. The first-order chi connectivity index (χ1) is 13.2. The molecule has 8 heteroatoms. The Hall–Kier alpha value is -2.35.